The minimum absolute atomic E-state index is 0.0422. The highest BCUT2D eigenvalue weighted by molar-refractivity contribution is 8.18. The van der Waals surface area contributed by atoms with Gasteiger partial charge in [-0.25, -0.2) is 0 Å². The van der Waals surface area contributed by atoms with Gasteiger partial charge in [0.1, 0.15) is 6.54 Å². The molecule has 0 bridgehead atoms. The molecular formula is C21H17F3N2O3S. The maximum atomic E-state index is 12.8. The van der Waals surface area contributed by atoms with Gasteiger partial charge in [-0.2, -0.15) is 13.2 Å². The molecule has 0 aromatic heterocycles. The van der Waals surface area contributed by atoms with Crippen molar-refractivity contribution in [2.75, 3.05) is 11.9 Å². The number of hydrogen-bond donors (Lipinski definition) is 1. The number of thioether (sulfide) groups is 1. The van der Waals surface area contributed by atoms with Gasteiger partial charge < -0.3 is 5.32 Å². The Morgan fingerprint density at radius 3 is 2.47 bits per heavy atom. The maximum absolute atomic E-state index is 12.8. The van der Waals surface area contributed by atoms with E-state index in [0.717, 1.165) is 29.0 Å². The highest BCUT2D eigenvalue weighted by atomic mass is 32.2. The first kappa shape index (κ1) is 21.6. The van der Waals surface area contributed by atoms with Gasteiger partial charge in [0.15, 0.2) is 0 Å². The molecule has 0 atom stereocenters. The fourth-order valence-electron chi connectivity index (χ4n) is 2.76. The molecule has 1 fully saturated rings. The fraction of sp³-hybridized carbons (Fsp3) is 0.190. The third-order valence-electron chi connectivity index (χ3n) is 4.33. The summed E-state index contributed by atoms with van der Waals surface area (Å²) in [5.41, 5.74) is 0.905. The summed E-state index contributed by atoms with van der Waals surface area (Å²) in [5, 5.41) is 1.95. The van der Waals surface area contributed by atoms with Gasteiger partial charge >= 0.3 is 6.18 Å². The zero-order valence-corrected chi connectivity index (χ0v) is 16.6. The average Bonchev–Trinajstić information content (AvgIpc) is 2.95. The van der Waals surface area contributed by atoms with E-state index in [9.17, 15) is 27.6 Å². The van der Waals surface area contributed by atoms with E-state index in [0.29, 0.717) is 17.4 Å². The van der Waals surface area contributed by atoms with Gasteiger partial charge in [-0.3, -0.25) is 19.3 Å². The second-order valence-corrected chi connectivity index (χ2v) is 7.48. The number of aryl methyl sites for hydroxylation is 1. The molecular weight excluding hydrogens is 417 g/mol. The van der Waals surface area contributed by atoms with Gasteiger partial charge in [0.2, 0.25) is 5.91 Å². The Balaban J connectivity index is 1.69. The van der Waals surface area contributed by atoms with Crippen LogP contribution in [-0.2, 0) is 22.2 Å². The number of nitrogens with zero attached hydrogens (tertiary/aromatic N) is 1. The highest BCUT2D eigenvalue weighted by Gasteiger charge is 2.36. The fourth-order valence-corrected chi connectivity index (χ4v) is 3.60. The Hall–Kier alpha value is -3.07. The lowest BCUT2D eigenvalue weighted by molar-refractivity contribution is -0.137. The molecule has 1 saturated heterocycles. The first-order valence-corrected chi connectivity index (χ1v) is 9.80. The SMILES string of the molecule is CCc1ccc(NC(=O)CN2C(=O)S/C(=C/c3cccc(C(F)(F)F)c3)C2=O)cc1. The van der Waals surface area contributed by atoms with Crippen LogP contribution in [0.1, 0.15) is 23.6 Å². The normalized spacial score (nSPS) is 15.7. The summed E-state index contributed by atoms with van der Waals surface area (Å²) < 4.78 is 38.5. The van der Waals surface area contributed by atoms with E-state index in [1.807, 2.05) is 19.1 Å². The molecule has 2 aromatic carbocycles. The van der Waals surface area contributed by atoms with Crippen LogP contribution in [0.25, 0.3) is 6.08 Å². The molecule has 0 unspecified atom stereocenters. The Morgan fingerprint density at radius 1 is 1.13 bits per heavy atom. The number of carbonyl (C=O) groups excluding carboxylic acids is 3. The monoisotopic (exact) mass is 434 g/mol. The van der Waals surface area contributed by atoms with E-state index in [1.54, 1.807) is 12.1 Å². The minimum atomic E-state index is -4.52. The van der Waals surface area contributed by atoms with Crippen molar-refractivity contribution in [2.24, 2.45) is 0 Å². The van der Waals surface area contributed by atoms with Crippen LogP contribution < -0.4 is 5.32 Å². The lowest BCUT2D eigenvalue weighted by Gasteiger charge is -2.12. The standard InChI is InChI=1S/C21H17F3N2O3S/c1-2-13-6-8-16(9-7-13)25-18(27)12-26-19(28)17(30-20(26)29)11-14-4-3-5-15(10-14)21(22,23)24/h3-11H,2,12H2,1H3,(H,25,27)/b17-11+. The van der Waals surface area contributed by atoms with Gasteiger partial charge in [0.05, 0.1) is 10.5 Å². The van der Waals surface area contributed by atoms with Crippen molar-refractivity contribution < 1.29 is 27.6 Å². The number of hydrogen-bond acceptors (Lipinski definition) is 4. The quantitative estimate of drug-likeness (QED) is 0.677. The summed E-state index contributed by atoms with van der Waals surface area (Å²) in [6.07, 6.45) is -2.46. The van der Waals surface area contributed by atoms with E-state index in [4.69, 9.17) is 0 Å². The van der Waals surface area contributed by atoms with Crippen molar-refractivity contribution >= 4 is 40.6 Å². The van der Waals surface area contributed by atoms with E-state index < -0.39 is 35.3 Å². The van der Waals surface area contributed by atoms with Gasteiger partial charge in [-0.15, -0.1) is 0 Å². The number of rotatable bonds is 5. The molecule has 30 heavy (non-hydrogen) atoms. The van der Waals surface area contributed by atoms with E-state index in [1.165, 1.54) is 18.2 Å². The largest absolute Gasteiger partial charge is 0.416 e. The molecule has 1 N–H and O–H groups in total. The Labute approximate surface area is 174 Å². The molecule has 1 heterocycles. The second-order valence-electron chi connectivity index (χ2n) is 6.49. The third-order valence-corrected chi connectivity index (χ3v) is 5.24. The van der Waals surface area contributed by atoms with Crippen molar-refractivity contribution in [2.45, 2.75) is 19.5 Å². The van der Waals surface area contributed by atoms with Crippen LogP contribution in [0.15, 0.2) is 53.4 Å². The van der Waals surface area contributed by atoms with Crippen LogP contribution in [0, 0.1) is 0 Å². The number of nitrogens with one attached hydrogen (secondary N) is 1. The minimum Gasteiger partial charge on any atom is -0.325 e. The molecule has 2 aromatic rings. The second kappa shape index (κ2) is 8.74. The van der Waals surface area contributed by atoms with Crippen LogP contribution in [0.5, 0.6) is 0 Å². The molecule has 0 spiro atoms. The summed E-state index contributed by atoms with van der Waals surface area (Å²) in [4.78, 5) is 37.6. The Morgan fingerprint density at radius 2 is 1.83 bits per heavy atom. The maximum Gasteiger partial charge on any atom is 0.416 e. The first-order chi connectivity index (χ1) is 14.2. The molecule has 1 aliphatic heterocycles. The van der Waals surface area contributed by atoms with Crippen molar-refractivity contribution in [3.8, 4) is 0 Å². The predicted molar refractivity (Wildman–Crippen MR) is 109 cm³/mol. The van der Waals surface area contributed by atoms with Crippen molar-refractivity contribution in [3.63, 3.8) is 0 Å². The smallest absolute Gasteiger partial charge is 0.325 e. The zero-order valence-electron chi connectivity index (χ0n) is 15.8. The van der Waals surface area contributed by atoms with Crippen molar-refractivity contribution in [1.29, 1.82) is 0 Å². The Bertz CT molecular complexity index is 1020. The number of alkyl halides is 3. The lowest BCUT2D eigenvalue weighted by Crippen LogP contribution is -2.36. The third kappa shape index (κ3) is 5.10. The average molecular weight is 434 g/mol. The van der Waals surface area contributed by atoms with Gasteiger partial charge in [0.25, 0.3) is 11.1 Å². The Kier molecular flexibility index (Phi) is 6.31. The molecule has 1 aliphatic rings. The number of anilines is 1. The number of amides is 3. The molecule has 156 valence electrons. The molecule has 9 heteroatoms. The van der Waals surface area contributed by atoms with Crippen molar-refractivity contribution in [1.82, 2.24) is 4.90 Å². The topological polar surface area (TPSA) is 66.5 Å². The van der Waals surface area contributed by atoms with E-state index in [-0.39, 0.29) is 10.5 Å². The summed E-state index contributed by atoms with van der Waals surface area (Å²) >= 11 is 0.580. The molecule has 0 radical (unpaired) electrons. The molecule has 0 aliphatic carbocycles. The zero-order chi connectivity index (χ0) is 21.9. The first-order valence-electron chi connectivity index (χ1n) is 8.99. The van der Waals surface area contributed by atoms with Gasteiger partial charge in [-0.1, -0.05) is 31.2 Å². The van der Waals surface area contributed by atoms with Crippen LogP contribution in [-0.4, -0.2) is 28.5 Å². The highest BCUT2D eigenvalue weighted by Crippen LogP contribution is 2.34. The molecule has 5 nitrogen and oxygen atoms in total. The number of imide groups is 1. The van der Waals surface area contributed by atoms with Crippen molar-refractivity contribution in [3.05, 3.63) is 70.1 Å². The summed E-state index contributed by atoms with van der Waals surface area (Å²) in [5.74, 6) is -1.28. The van der Waals surface area contributed by atoms with Crippen LogP contribution in [0.4, 0.5) is 23.7 Å². The molecule has 3 amide bonds. The van der Waals surface area contributed by atoms with Gasteiger partial charge in [-0.05, 0) is 59.7 Å². The van der Waals surface area contributed by atoms with Gasteiger partial charge in [0, 0.05) is 5.69 Å². The van der Waals surface area contributed by atoms with Crippen LogP contribution >= 0.6 is 11.8 Å². The summed E-state index contributed by atoms with van der Waals surface area (Å²) in [7, 11) is 0. The van der Waals surface area contributed by atoms with Crippen LogP contribution in [0.2, 0.25) is 0 Å². The lowest BCUT2D eigenvalue weighted by atomic mass is 10.1. The number of halogens is 3. The van der Waals surface area contributed by atoms with E-state index in [2.05, 4.69) is 5.32 Å². The summed E-state index contributed by atoms with van der Waals surface area (Å²) in [6, 6.07) is 11.6. The predicted octanol–water partition coefficient (Wildman–Crippen LogP) is 4.94. The summed E-state index contributed by atoms with van der Waals surface area (Å²) in [6.45, 7) is 1.51. The van der Waals surface area contributed by atoms with Crippen LogP contribution in [0.3, 0.4) is 0 Å². The number of benzene rings is 2. The number of carbonyl (C=O) groups is 3. The molecule has 3 rings (SSSR count). The van der Waals surface area contributed by atoms with E-state index >= 15 is 0 Å². The molecule has 0 saturated carbocycles.